The van der Waals surface area contributed by atoms with E-state index >= 15 is 0 Å². The zero-order chi connectivity index (χ0) is 13.9. The summed E-state index contributed by atoms with van der Waals surface area (Å²) in [7, 11) is 0. The van der Waals surface area contributed by atoms with Crippen molar-refractivity contribution in [3.8, 4) is 0 Å². The van der Waals surface area contributed by atoms with Crippen molar-refractivity contribution in [2.45, 2.75) is 58.1 Å². The van der Waals surface area contributed by atoms with E-state index in [1.807, 2.05) is 13.1 Å². The standard InChI is InChI=1S/C16H26N2O/c1-4-16(3,18-8-6-5-7-9-18)15(19)14-10-13(2)11-17-12-14/h10-12,15,19H,4-9H2,1-3H3. The number of aliphatic hydroxyl groups excluding tert-OH is 1. The second-order valence-corrected chi connectivity index (χ2v) is 5.96. The molecular weight excluding hydrogens is 236 g/mol. The van der Waals surface area contributed by atoms with Crippen LogP contribution in [0, 0.1) is 6.92 Å². The molecule has 1 aliphatic heterocycles. The summed E-state index contributed by atoms with van der Waals surface area (Å²) in [5.74, 6) is 0. The average Bonchev–Trinajstić information content (AvgIpc) is 2.46. The summed E-state index contributed by atoms with van der Waals surface area (Å²) in [6, 6.07) is 2.05. The van der Waals surface area contributed by atoms with Crippen molar-refractivity contribution >= 4 is 0 Å². The maximum Gasteiger partial charge on any atom is 0.0985 e. The zero-order valence-electron chi connectivity index (χ0n) is 12.4. The van der Waals surface area contributed by atoms with Gasteiger partial charge in [0.2, 0.25) is 0 Å². The Morgan fingerprint density at radius 3 is 2.58 bits per heavy atom. The Kier molecular flexibility index (Phi) is 4.58. The number of rotatable bonds is 4. The van der Waals surface area contributed by atoms with Gasteiger partial charge in [-0.2, -0.15) is 0 Å². The Morgan fingerprint density at radius 1 is 1.32 bits per heavy atom. The van der Waals surface area contributed by atoms with E-state index in [0.717, 1.165) is 30.6 Å². The third-order valence-electron chi connectivity index (χ3n) is 4.60. The maximum absolute atomic E-state index is 10.8. The van der Waals surface area contributed by atoms with Crippen molar-refractivity contribution in [3.05, 3.63) is 29.6 Å². The van der Waals surface area contributed by atoms with Crippen LogP contribution in [0.5, 0.6) is 0 Å². The van der Waals surface area contributed by atoms with Crippen LogP contribution < -0.4 is 0 Å². The maximum atomic E-state index is 10.8. The third-order valence-corrected chi connectivity index (χ3v) is 4.60. The number of aromatic nitrogens is 1. The van der Waals surface area contributed by atoms with Crippen LogP contribution in [0.4, 0.5) is 0 Å². The molecule has 1 aromatic heterocycles. The molecular formula is C16H26N2O. The monoisotopic (exact) mass is 262 g/mol. The molecule has 0 spiro atoms. The molecule has 1 N–H and O–H groups in total. The number of likely N-dealkylation sites (tertiary alicyclic amines) is 1. The fraction of sp³-hybridized carbons (Fsp3) is 0.688. The fourth-order valence-corrected chi connectivity index (χ4v) is 3.08. The molecule has 0 amide bonds. The molecule has 106 valence electrons. The highest BCUT2D eigenvalue weighted by Crippen LogP contribution is 2.35. The van der Waals surface area contributed by atoms with Crippen LogP contribution in [0.3, 0.4) is 0 Å². The molecule has 1 fully saturated rings. The van der Waals surface area contributed by atoms with E-state index in [4.69, 9.17) is 0 Å². The summed E-state index contributed by atoms with van der Waals surface area (Å²) in [5, 5.41) is 10.8. The van der Waals surface area contributed by atoms with Gasteiger partial charge >= 0.3 is 0 Å². The van der Waals surface area contributed by atoms with Crippen LogP contribution in [0.25, 0.3) is 0 Å². The van der Waals surface area contributed by atoms with Crippen molar-refractivity contribution in [2.24, 2.45) is 0 Å². The van der Waals surface area contributed by atoms with Gasteiger partial charge in [0.05, 0.1) is 6.10 Å². The van der Waals surface area contributed by atoms with Gasteiger partial charge in [0.15, 0.2) is 0 Å². The summed E-state index contributed by atoms with van der Waals surface area (Å²) in [4.78, 5) is 6.68. The fourth-order valence-electron chi connectivity index (χ4n) is 3.08. The quantitative estimate of drug-likeness (QED) is 0.906. The molecule has 1 saturated heterocycles. The van der Waals surface area contributed by atoms with Gasteiger partial charge < -0.3 is 5.11 Å². The minimum absolute atomic E-state index is 0.185. The minimum atomic E-state index is -0.469. The van der Waals surface area contributed by atoms with Gasteiger partial charge in [0.25, 0.3) is 0 Å². The SMILES string of the molecule is CCC(C)(C(O)c1cncc(C)c1)N1CCCCC1. The molecule has 3 heteroatoms. The van der Waals surface area contributed by atoms with E-state index in [1.54, 1.807) is 6.20 Å². The molecule has 0 saturated carbocycles. The number of hydrogen-bond donors (Lipinski definition) is 1. The molecule has 2 rings (SSSR count). The normalized spacial score (nSPS) is 21.9. The molecule has 0 radical (unpaired) electrons. The first kappa shape index (κ1) is 14.5. The lowest BCUT2D eigenvalue weighted by atomic mass is 9.84. The van der Waals surface area contributed by atoms with E-state index in [-0.39, 0.29) is 5.54 Å². The van der Waals surface area contributed by atoms with Crippen molar-refractivity contribution < 1.29 is 5.11 Å². The van der Waals surface area contributed by atoms with E-state index in [2.05, 4.69) is 29.8 Å². The molecule has 2 unspecified atom stereocenters. The summed E-state index contributed by atoms with van der Waals surface area (Å²) in [6.45, 7) is 8.57. The lowest BCUT2D eigenvalue weighted by Crippen LogP contribution is -2.52. The van der Waals surface area contributed by atoms with Crippen LogP contribution in [0.15, 0.2) is 18.5 Å². The summed E-state index contributed by atoms with van der Waals surface area (Å²) < 4.78 is 0. The van der Waals surface area contributed by atoms with Gasteiger partial charge in [0, 0.05) is 23.5 Å². The Balaban J connectivity index is 2.24. The van der Waals surface area contributed by atoms with Crippen molar-refractivity contribution in [3.63, 3.8) is 0 Å². The van der Waals surface area contributed by atoms with Crippen LogP contribution >= 0.6 is 0 Å². The van der Waals surface area contributed by atoms with Gasteiger partial charge in [-0.05, 0) is 51.8 Å². The lowest BCUT2D eigenvalue weighted by molar-refractivity contribution is -0.0354. The summed E-state index contributed by atoms with van der Waals surface area (Å²) >= 11 is 0. The van der Waals surface area contributed by atoms with Crippen LogP contribution in [-0.4, -0.2) is 33.6 Å². The highest BCUT2D eigenvalue weighted by atomic mass is 16.3. The van der Waals surface area contributed by atoms with Crippen molar-refractivity contribution in [2.75, 3.05) is 13.1 Å². The molecule has 2 heterocycles. The molecule has 3 nitrogen and oxygen atoms in total. The number of nitrogens with zero attached hydrogens (tertiary/aromatic N) is 2. The second kappa shape index (κ2) is 6.02. The number of piperidine rings is 1. The molecule has 19 heavy (non-hydrogen) atoms. The zero-order valence-corrected chi connectivity index (χ0v) is 12.4. The van der Waals surface area contributed by atoms with E-state index in [1.165, 1.54) is 19.3 Å². The van der Waals surface area contributed by atoms with E-state index in [0.29, 0.717) is 0 Å². The summed E-state index contributed by atoms with van der Waals surface area (Å²) in [5.41, 5.74) is 1.86. The molecule has 2 atom stereocenters. The molecule has 0 aliphatic carbocycles. The topological polar surface area (TPSA) is 36.4 Å². The van der Waals surface area contributed by atoms with Crippen LogP contribution in [0.2, 0.25) is 0 Å². The molecule has 0 aromatic carbocycles. The number of hydrogen-bond acceptors (Lipinski definition) is 3. The number of pyridine rings is 1. The van der Waals surface area contributed by atoms with E-state index in [9.17, 15) is 5.11 Å². The molecule has 1 aliphatic rings. The largest absolute Gasteiger partial charge is 0.386 e. The van der Waals surface area contributed by atoms with Gasteiger partial charge in [-0.25, -0.2) is 0 Å². The van der Waals surface area contributed by atoms with Crippen molar-refractivity contribution in [1.82, 2.24) is 9.88 Å². The Bertz CT molecular complexity index is 415. The first-order valence-electron chi connectivity index (χ1n) is 7.42. The predicted molar refractivity (Wildman–Crippen MR) is 78.1 cm³/mol. The number of aryl methyl sites for hydroxylation is 1. The first-order valence-corrected chi connectivity index (χ1v) is 7.42. The highest BCUT2D eigenvalue weighted by Gasteiger charge is 2.38. The van der Waals surface area contributed by atoms with Gasteiger partial charge in [0.1, 0.15) is 0 Å². The van der Waals surface area contributed by atoms with Crippen molar-refractivity contribution in [1.29, 1.82) is 0 Å². The van der Waals surface area contributed by atoms with E-state index < -0.39 is 6.10 Å². The smallest absolute Gasteiger partial charge is 0.0985 e. The average molecular weight is 262 g/mol. The predicted octanol–water partition coefficient (Wildman–Crippen LogP) is 3.08. The van der Waals surface area contributed by atoms with Gasteiger partial charge in [-0.3, -0.25) is 9.88 Å². The van der Waals surface area contributed by atoms with Gasteiger partial charge in [-0.15, -0.1) is 0 Å². The Labute approximate surface area is 116 Å². The van der Waals surface area contributed by atoms with Crippen LogP contribution in [0.1, 0.15) is 56.8 Å². The third kappa shape index (κ3) is 2.98. The second-order valence-electron chi connectivity index (χ2n) is 5.96. The number of aliphatic hydroxyl groups is 1. The molecule has 1 aromatic rings. The highest BCUT2D eigenvalue weighted by molar-refractivity contribution is 5.22. The van der Waals surface area contributed by atoms with Gasteiger partial charge in [-0.1, -0.05) is 19.4 Å². The molecule has 0 bridgehead atoms. The Morgan fingerprint density at radius 2 is 2.00 bits per heavy atom. The lowest BCUT2D eigenvalue weighted by Gasteiger charge is -2.46. The Hall–Kier alpha value is -0.930. The van der Waals surface area contributed by atoms with Crippen LogP contribution in [-0.2, 0) is 0 Å². The minimum Gasteiger partial charge on any atom is -0.386 e. The summed E-state index contributed by atoms with van der Waals surface area (Å²) in [6.07, 6.45) is 7.92. The first-order chi connectivity index (χ1) is 9.08.